The average Bonchev–Trinajstić information content (AvgIpc) is 2.28. The molecule has 94 valence electrons. The Hall–Kier alpha value is -1.66. The van der Waals surface area contributed by atoms with Crippen LogP contribution in [0, 0.1) is 11.6 Å². The maximum absolute atomic E-state index is 13.5. The number of benzene rings is 1. The second-order valence-electron chi connectivity index (χ2n) is 3.29. The van der Waals surface area contributed by atoms with Gasteiger partial charge in [0.1, 0.15) is 23.0 Å². The van der Waals surface area contributed by atoms with Gasteiger partial charge in [0, 0.05) is 6.07 Å². The third-order valence-electron chi connectivity index (χ3n) is 2.07. The Morgan fingerprint density at radius 2 is 1.89 bits per heavy atom. The van der Waals surface area contributed by atoms with E-state index < -0.39 is 11.6 Å². The largest absolute Gasteiger partial charge is 0.382 e. The predicted octanol–water partition coefficient (Wildman–Crippen LogP) is 3.39. The average molecular weight is 291 g/mol. The SMILES string of the molecule is Nc1ncnc(Nc2c(F)cc(F)cc2Cl)c1Cl. The topological polar surface area (TPSA) is 63.8 Å². The van der Waals surface area contributed by atoms with Gasteiger partial charge in [-0.1, -0.05) is 23.2 Å². The van der Waals surface area contributed by atoms with Crippen LogP contribution in [0.4, 0.5) is 26.1 Å². The number of anilines is 3. The van der Waals surface area contributed by atoms with Crippen molar-refractivity contribution in [2.45, 2.75) is 0 Å². The van der Waals surface area contributed by atoms with Crippen molar-refractivity contribution in [3.05, 3.63) is 40.1 Å². The Bertz CT molecular complexity index is 583. The Balaban J connectivity index is 2.43. The Morgan fingerprint density at radius 3 is 2.56 bits per heavy atom. The normalized spacial score (nSPS) is 10.4. The van der Waals surface area contributed by atoms with E-state index in [1.807, 2.05) is 0 Å². The lowest BCUT2D eigenvalue weighted by Crippen LogP contribution is -2.02. The molecule has 4 nitrogen and oxygen atoms in total. The molecular weight excluding hydrogens is 285 g/mol. The third kappa shape index (κ3) is 2.44. The summed E-state index contributed by atoms with van der Waals surface area (Å²) in [6, 6.07) is 1.65. The highest BCUT2D eigenvalue weighted by molar-refractivity contribution is 6.36. The second kappa shape index (κ2) is 4.91. The van der Waals surface area contributed by atoms with Crippen molar-refractivity contribution >= 4 is 40.5 Å². The lowest BCUT2D eigenvalue weighted by atomic mass is 10.3. The van der Waals surface area contributed by atoms with Gasteiger partial charge in [-0.15, -0.1) is 0 Å². The minimum absolute atomic E-state index is 0.0253. The lowest BCUT2D eigenvalue weighted by Gasteiger charge is -2.10. The first-order valence-corrected chi connectivity index (χ1v) is 5.42. The van der Waals surface area contributed by atoms with Gasteiger partial charge < -0.3 is 11.1 Å². The molecule has 1 aromatic heterocycles. The summed E-state index contributed by atoms with van der Waals surface area (Å²) in [5.41, 5.74) is 5.32. The summed E-state index contributed by atoms with van der Waals surface area (Å²) in [4.78, 5) is 7.43. The van der Waals surface area contributed by atoms with E-state index in [9.17, 15) is 8.78 Å². The zero-order valence-corrected chi connectivity index (χ0v) is 10.2. The van der Waals surface area contributed by atoms with Crippen LogP contribution in [-0.2, 0) is 0 Å². The molecule has 0 saturated heterocycles. The number of hydrogen-bond acceptors (Lipinski definition) is 4. The summed E-state index contributed by atoms with van der Waals surface area (Å²) in [6.07, 6.45) is 1.15. The molecule has 3 N–H and O–H groups in total. The maximum atomic E-state index is 13.5. The Morgan fingerprint density at radius 1 is 1.17 bits per heavy atom. The number of nitrogens with zero attached hydrogens (tertiary/aromatic N) is 2. The monoisotopic (exact) mass is 290 g/mol. The van der Waals surface area contributed by atoms with Crippen LogP contribution in [0.15, 0.2) is 18.5 Å². The smallest absolute Gasteiger partial charge is 0.154 e. The standard InChI is InChI=1S/C10H6Cl2F2N4/c11-5-1-4(13)2-6(14)8(5)18-10-7(12)9(15)16-3-17-10/h1-3H,(H3,15,16,17,18). The Labute approximate surface area is 111 Å². The zero-order chi connectivity index (χ0) is 13.3. The molecule has 8 heteroatoms. The molecule has 2 aromatic rings. The number of aromatic nitrogens is 2. The molecule has 1 heterocycles. The molecule has 0 aliphatic heterocycles. The van der Waals surface area contributed by atoms with Gasteiger partial charge in [-0.05, 0) is 6.07 Å². The highest BCUT2D eigenvalue weighted by Gasteiger charge is 2.13. The van der Waals surface area contributed by atoms with Crippen LogP contribution in [0.3, 0.4) is 0 Å². The van der Waals surface area contributed by atoms with Gasteiger partial charge in [-0.2, -0.15) is 0 Å². The molecule has 0 aliphatic rings. The molecule has 0 amide bonds. The van der Waals surface area contributed by atoms with Crippen molar-refractivity contribution in [1.29, 1.82) is 0 Å². The molecule has 0 unspecified atom stereocenters. The van der Waals surface area contributed by atoms with Crippen molar-refractivity contribution in [3.8, 4) is 0 Å². The number of nitrogen functional groups attached to an aromatic ring is 1. The highest BCUT2D eigenvalue weighted by atomic mass is 35.5. The van der Waals surface area contributed by atoms with E-state index in [1.54, 1.807) is 0 Å². The fraction of sp³-hybridized carbons (Fsp3) is 0. The van der Waals surface area contributed by atoms with Gasteiger partial charge in [-0.25, -0.2) is 18.7 Å². The first-order valence-electron chi connectivity index (χ1n) is 4.66. The van der Waals surface area contributed by atoms with Crippen LogP contribution < -0.4 is 11.1 Å². The van der Waals surface area contributed by atoms with Crippen molar-refractivity contribution in [2.24, 2.45) is 0 Å². The van der Waals surface area contributed by atoms with E-state index in [0.717, 1.165) is 12.4 Å². The van der Waals surface area contributed by atoms with E-state index in [1.165, 1.54) is 0 Å². The molecule has 0 radical (unpaired) electrons. The van der Waals surface area contributed by atoms with Crippen molar-refractivity contribution in [2.75, 3.05) is 11.1 Å². The fourth-order valence-corrected chi connectivity index (χ4v) is 1.64. The van der Waals surface area contributed by atoms with Crippen LogP contribution in [0.1, 0.15) is 0 Å². The third-order valence-corrected chi connectivity index (χ3v) is 2.74. The number of halogens is 4. The van der Waals surface area contributed by atoms with Gasteiger partial charge in [0.25, 0.3) is 0 Å². The van der Waals surface area contributed by atoms with E-state index in [2.05, 4.69) is 15.3 Å². The van der Waals surface area contributed by atoms with Crippen LogP contribution in [0.25, 0.3) is 0 Å². The minimum Gasteiger partial charge on any atom is -0.382 e. The van der Waals surface area contributed by atoms with Gasteiger partial charge >= 0.3 is 0 Å². The lowest BCUT2D eigenvalue weighted by molar-refractivity contribution is 0.586. The number of nitrogens with one attached hydrogen (secondary N) is 1. The van der Waals surface area contributed by atoms with Crippen LogP contribution in [-0.4, -0.2) is 9.97 Å². The summed E-state index contributed by atoms with van der Waals surface area (Å²) >= 11 is 11.5. The first-order chi connectivity index (χ1) is 8.49. The second-order valence-corrected chi connectivity index (χ2v) is 4.08. The van der Waals surface area contributed by atoms with Crippen LogP contribution >= 0.6 is 23.2 Å². The van der Waals surface area contributed by atoms with Gasteiger partial charge in [0.15, 0.2) is 11.6 Å². The summed E-state index contributed by atoms with van der Waals surface area (Å²) in [7, 11) is 0. The molecule has 18 heavy (non-hydrogen) atoms. The highest BCUT2D eigenvalue weighted by Crippen LogP contribution is 2.32. The van der Waals surface area contributed by atoms with Gasteiger partial charge in [0.05, 0.1) is 10.7 Å². The predicted molar refractivity (Wildman–Crippen MR) is 66.1 cm³/mol. The van der Waals surface area contributed by atoms with Crippen molar-refractivity contribution in [3.63, 3.8) is 0 Å². The number of rotatable bonds is 2. The molecule has 0 atom stereocenters. The fourth-order valence-electron chi connectivity index (χ4n) is 1.25. The molecule has 1 aromatic carbocycles. The number of hydrogen-bond donors (Lipinski definition) is 2. The van der Waals surface area contributed by atoms with Gasteiger partial charge in [-0.3, -0.25) is 0 Å². The molecule has 0 fully saturated rings. The van der Waals surface area contributed by atoms with Crippen LogP contribution in [0.2, 0.25) is 10.0 Å². The van der Waals surface area contributed by atoms with Crippen molar-refractivity contribution < 1.29 is 8.78 Å². The number of nitrogens with two attached hydrogens (primary N) is 1. The maximum Gasteiger partial charge on any atom is 0.154 e. The summed E-state index contributed by atoms with van der Waals surface area (Å²) in [5, 5.41) is 2.43. The van der Waals surface area contributed by atoms with Crippen molar-refractivity contribution in [1.82, 2.24) is 9.97 Å². The molecule has 0 saturated carbocycles. The molecule has 0 bridgehead atoms. The molecule has 2 rings (SSSR count). The quantitative estimate of drug-likeness (QED) is 0.890. The molecular formula is C10H6Cl2F2N4. The van der Waals surface area contributed by atoms with E-state index in [4.69, 9.17) is 28.9 Å². The molecule has 0 aliphatic carbocycles. The summed E-state index contributed by atoms with van der Waals surface area (Å²) < 4.78 is 26.4. The summed E-state index contributed by atoms with van der Waals surface area (Å²) in [5.74, 6) is -1.53. The Kier molecular flexibility index (Phi) is 3.49. The minimum atomic E-state index is -0.867. The summed E-state index contributed by atoms with van der Waals surface area (Å²) in [6.45, 7) is 0. The first kappa shape index (κ1) is 12.8. The van der Waals surface area contributed by atoms with E-state index in [-0.39, 0.29) is 27.4 Å². The van der Waals surface area contributed by atoms with Gasteiger partial charge in [0.2, 0.25) is 0 Å². The van der Waals surface area contributed by atoms with Crippen LogP contribution in [0.5, 0.6) is 0 Å². The zero-order valence-electron chi connectivity index (χ0n) is 8.72. The molecule has 0 spiro atoms. The van der Waals surface area contributed by atoms with E-state index >= 15 is 0 Å². The van der Waals surface area contributed by atoms with E-state index in [0.29, 0.717) is 6.07 Å².